The van der Waals surface area contributed by atoms with E-state index in [1.807, 2.05) is 0 Å². The predicted molar refractivity (Wildman–Crippen MR) is 179 cm³/mol. The van der Waals surface area contributed by atoms with Gasteiger partial charge in [0, 0.05) is 0 Å². The zero-order chi connectivity index (χ0) is 46.3. The van der Waals surface area contributed by atoms with Crippen molar-refractivity contribution in [3.8, 4) is 34.1 Å². The van der Waals surface area contributed by atoms with Crippen molar-refractivity contribution < 1.29 is 98.0 Å². The second-order valence-corrected chi connectivity index (χ2v) is 13.9. The van der Waals surface area contributed by atoms with Gasteiger partial charge in [-0.2, -0.15) is 70.2 Å². The molecule has 6 rings (SSSR count). The summed E-state index contributed by atoms with van der Waals surface area (Å²) in [6.45, 7) is -0.170. The Morgan fingerprint density at radius 1 is 0.361 bits per heavy atom. The summed E-state index contributed by atoms with van der Waals surface area (Å²) in [5, 5.41) is 0. The predicted octanol–water partition coefficient (Wildman–Crippen LogP) is 12.6. The number of hydrogen-bond donors (Lipinski definition) is 0. The molecule has 4 aromatic rings. The highest BCUT2D eigenvalue weighted by Gasteiger charge is 2.99. The highest BCUT2D eigenvalue weighted by atomic mass is 19.4. The van der Waals surface area contributed by atoms with E-state index in [4.69, 9.17) is 9.47 Å². The second-order valence-electron chi connectivity index (χ2n) is 13.9. The van der Waals surface area contributed by atoms with Gasteiger partial charge in [0.15, 0.2) is 0 Å². The molecule has 2 aliphatic carbocycles. The van der Waals surface area contributed by atoms with Gasteiger partial charge in [0.2, 0.25) is 5.41 Å². The SMILES string of the molecule is COc1ccc(-c2ccc(OC3(F)C(C)(F)C(F)(F)C3(F)F)cc2)cc1.COc1ccc(C(c2ccc(OC3(F)C(C)(F)C(F)(F)C3(F)F)cc2)(C(F)(F)F)C(F)(F)F)cc1. The number of methoxy groups -OCH3 is 2. The molecule has 0 N–H and O–H groups in total. The van der Waals surface area contributed by atoms with Crippen LogP contribution in [-0.4, -0.2) is 73.3 Å². The van der Waals surface area contributed by atoms with E-state index in [0.29, 0.717) is 23.4 Å². The molecule has 0 bridgehead atoms. The van der Waals surface area contributed by atoms with Crippen molar-refractivity contribution in [2.75, 3.05) is 14.2 Å². The highest BCUT2D eigenvalue weighted by Crippen LogP contribution is 2.69. The molecule has 22 heteroatoms. The third-order valence-corrected chi connectivity index (χ3v) is 10.4. The summed E-state index contributed by atoms with van der Waals surface area (Å²) in [6, 6.07) is 15.2. The fraction of sp³-hybridized carbons (Fsp3) is 0.385. The van der Waals surface area contributed by atoms with E-state index < -0.39 is 87.1 Å². The van der Waals surface area contributed by atoms with E-state index in [-0.39, 0.29) is 43.9 Å². The summed E-state index contributed by atoms with van der Waals surface area (Å²) in [5.41, 5.74) is -14.8. The van der Waals surface area contributed by atoms with E-state index in [1.165, 1.54) is 19.2 Å². The summed E-state index contributed by atoms with van der Waals surface area (Å²) in [7, 11) is 2.63. The van der Waals surface area contributed by atoms with Crippen LogP contribution in [0.1, 0.15) is 25.0 Å². The Balaban J connectivity index is 0.000000241. The maximum Gasteiger partial charge on any atom is 0.411 e. The third kappa shape index (κ3) is 6.38. The Bertz CT molecular complexity index is 2130. The van der Waals surface area contributed by atoms with Gasteiger partial charge >= 0.3 is 47.8 Å². The van der Waals surface area contributed by atoms with Crippen LogP contribution in [0.5, 0.6) is 23.0 Å². The zero-order valence-corrected chi connectivity index (χ0v) is 31.2. The van der Waals surface area contributed by atoms with Crippen LogP contribution in [0, 0.1) is 0 Å². The van der Waals surface area contributed by atoms with Crippen LogP contribution >= 0.6 is 0 Å². The van der Waals surface area contributed by atoms with Crippen LogP contribution in [0.15, 0.2) is 97.1 Å². The average Bonchev–Trinajstić information content (AvgIpc) is 3.17. The highest BCUT2D eigenvalue weighted by molar-refractivity contribution is 5.65. The molecule has 334 valence electrons. The summed E-state index contributed by atoms with van der Waals surface area (Å²) in [6.07, 6.45) is -12.0. The van der Waals surface area contributed by atoms with E-state index in [2.05, 4.69) is 9.47 Å². The molecule has 2 fully saturated rings. The van der Waals surface area contributed by atoms with Gasteiger partial charge in [0.05, 0.1) is 14.2 Å². The molecule has 4 aromatic carbocycles. The second kappa shape index (κ2) is 14.5. The van der Waals surface area contributed by atoms with Crippen molar-refractivity contribution in [1.29, 1.82) is 0 Å². The maximum absolute atomic E-state index is 14.5. The van der Waals surface area contributed by atoms with Crippen molar-refractivity contribution >= 4 is 0 Å². The Morgan fingerprint density at radius 3 is 0.852 bits per heavy atom. The van der Waals surface area contributed by atoms with E-state index in [0.717, 1.165) is 36.9 Å². The third-order valence-electron chi connectivity index (χ3n) is 10.4. The van der Waals surface area contributed by atoms with Gasteiger partial charge in [-0.1, -0.05) is 48.5 Å². The van der Waals surface area contributed by atoms with Gasteiger partial charge in [-0.05, 0) is 84.6 Å². The first-order chi connectivity index (χ1) is 27.7. The number of rotatable bonds is 9. The molecule has 61 heavy (non-hydrogen) atoms. The van der Waals surface area contributed by atoms with Gasteiger partial charge in [0.25, 0.3) is 11.3 Å². The van der Waals surface area contributed by atoms with Crippen molar-refractivity contribution in [2.45, 2.75) is 78.4 Å². The largest absolute Gasteiger partial charge is 0.497 e. The van der Waals surface area contributed by atoms with Crippen LogP contribution in [0.3, 0.4) is 0 Å². The Labute approximate surface area is 333 Å². The lowest BCUT2D eigenvalue weighted by atomic mass is 9.69. The summed E-state index contributed by atoms with van der Waals surface area (Å²) in [4.78, 5) is 0. The number of benzene rings is 4. The summed E-state index contributed by atoms with van der Waals surface area (Å²) < 4.78 is 266. The quantitative estimate of drug-likeness (QED) is 0.157. The molecular weight excluding hydrogens is 874 g/mol. The van der Waals surface area contributed by atoms with Gasteiger partial charge < -0.3 is 18.9 Å². The van der Waals surface area contributed by atoms with Gasteiger partial charge in [0.1, 0.15) is 23.0 Å². The molecule has 0 amide bonds. The Morgan fingerprint density at radius 2 is 0.607 bits per heavy atom. The molecule has 0 radical (unpaired) electrons. The number of hydrogen-bond acceptors (Lipinski definition) is 4. The first-order valence-electron chi connectivity index (χ1n) is 17.0. The maximum atomic E-state index is 14.5. The van der Waals surface area contributed by atoms with Crippen molar-refractivity contribution in [3.05, 3.63) is 108 Å². The minimum atomic E-state index is -6.01. The van der Waals surface area contributed by atoms with Crippen molar-refractivity contribution in [1.82, 2.24) is 0 Å². The Hall–Kier alpha value is -5.18. The normalized spacial score (nSPS) is 27.3. The molecule has 2 aliphatic rings. The first-order valence-corrected chi connectivity index (χ1v) is 17.0. The summed E-state index contributed by atoms with van der Waals surface area (Å²) >= 11 is 0. The monoisotopic (exact) mass is 902 g/mol. The molecule has 4 atom stereocenters. The van der Waals surface area contributed by atoms with Gasteiger partial charge in [-0.3, -0.25) is 0 Å². The lowest BCUT2D eigenvalue weighted by molar-refractivity contribution is -0.480. The van der Waals surface area contributed by atoms with Crippen LogP contribution in [0.25, 0.3) is 11.1 Å². The minimum Gasteiger partial charge on any atom is -0.497 e. The van der Waals surface area contributed by atoms with Crippen LogP contribution in [-0.2, 0) is 5.41 Å². The van der Waals surface area contributed by atoms with E-state index in [1.54, 1.807) is 24.3 Å². The van der Waals surface area contributed by atoms with E-state index >= 15 is 0 Å². The molecule has 2 saturated carbocycles. The number of alkyl halides is 18. The lowest BCUT2D eigenvalue weighted by Gasteiger charge is -2.55. The standard InChI is InChI=1S/C21H14F12O2.C18H14F6O2/c1-15(22)17(23,24)18(25,26)19(15,27)35-14-9-5-12(6-10-14)16(20(28,29)30,21(31,32)33)11-3-7-13(34-2)8-4-11;1-15(19)16(20,21)17(22,23)18(15,24)26-14-9-5-12(6-10-14)11-3-7-13(25-2)8-4-11/h3-10H,1-2H3;3-10H,1-2H3. The number of ether oxygens (including phenoxy) is 4. The van der Waals surface area contributed by atoms with Crippen molar-refractivity contribution in [3.63, 3.8) is 0 Å². The summed E-state index contributed by atoms with van der Waals surface area (Å²) in [5.74, 6) is -32.2. The zero-order valence-electron chi connectivity index (χ0n) is 31.2. The average molecular weight is 903 g/mol. The van der Waals surface area contributed by atoms with Crippen LogP contribution in [0.4, 0.5) is 79.0 Å². The Kier molecular flexibility index (Phi) is 11.1. The molecule has 0 saturated heterocycles. The fourth-order valence-electron chi connectivity index (χ4n) is 6.60. The van der Waals surface area contributed by atoms with Crippen LogP contribution < -0.4 is 18.9 Å². The molecular formula is C39H28F18O4. The topological polar surface area (TPSA) is 36.9 Å². The molecule has 0 spiro atoms. The molecule has 0 aromatic heterocycles. The fourth-order valence-corrected chi connectivity index (χ4v) is 6.60. The smallest absolute Gasteiger partial charge is 0.411 e. The van der Waals surface area contributed by atoms with Crippen LogP contribution in [0.2, 0.25) is 0 Å². The molecule has 4 nitrogen and oxygen atoms in total. The lowest BCUT2D eigenvalue weighted by Crippen LogP contribution is -2.86. The van der Waals surface area contributed by atoms with Crippen molar-refractivity contribution in [2.24, 2.45) is 0 Å². The minimum absolute atomic E-state index is 0.0517. The molecule has 4 unspecified atom stereocenters. The van der Waals surface area contributed by atoms with E-state index in [9.17, 15) is 79.0 Å². The molecule has 0 aliphatic heterocycles. The van der Waals surface area contributed by atoms with Gasteiger partial charge in [-0.15, -0.1) is 0 Å². The molecule has 0 heterocycles. The number of halogens is 18. The van der Waals surface area contributed by atoms with Gasteiger partial charge in [-0.25, -0.2) is 8.78 Å². The first kappa shape index (κ1) is 46.9.